The van der Waals surface area contributed by atoms with Gasteiger partial charge in [-0.3, -0.25) is 0 Å². The van der Waals surface area contributed by atoms with E-state index in [9.17, 15) is 0 Å². The van der Waals surface area contributed by atoms with Gasteiger partial charge in [0.1, 0.15) is 5.82 Å². The number of hydrogen-bond donors (Lipinski definition) is 1. The van der Waals surface area contributed by atoms with Crippen molar-refractivity contribution in [1.82, 2.24) is 4.98 Å². The summed E-state index contributed by atoms with van der Waals surface area (Å²) in [5, 5.41) is 0. The molecule has 1 atom stereocenters. The minimum absolute atomic E-state index is 0.0823. The van der Waals surface area contributed by atoms with Crippen molar-refractivity contribution in [2.75, 3.05) is 11.4 Å². The molecule has 2 heterocycles. The van der Waals surface area contributed by atoms with E-state index in [4.69, 9.17) is 10.7 Å². The fourth-order valence-corrected chi connectivity index (χ4v) is 3.06. The molecule has 0 fully saturated rings. The smallest absolute Gasteiger partial charge is 0.135 e. The number of nitrogens with two attached hydrogens (primary N) is 1. The first-order valence-corrected chi connectivity index (χ1v) is 7.78. The topological polar surface area (TPSA) is 42.1 Å². The molecule has 3 rings (SSSR count). The van der Waals surface area contributed by atoms with Crippen LogP contribution in [0, 0.1) is 6.92 Å². The van der Waals surface area contributed by atoms with Crippen LogP contribution in [0.3, 0.4) is 0 Å². The normalized spacial score (nSPS) is 15.7. The van der Waals surface area contributed by atoms with Crippen molar-refractivity contribution >= 4 is 11.5 Å². The molecule has 1 aliphatic rings. The first kappa shape index (κ1) is 14.1. The van der Waals surface area contributed by atoms with Gasteiger partial charge in [-0.2, -0.15) is 0 Å². The highest BCUT2D eigenvalue weighted by Crippen LogP contribution is 2.34. The Kier molecular flexibility index (Phi) is 3.93. The Morgan fingerprint density at radius 3 is 2.90 bits per heavy atom. The van der Waals surface area contributed by atoms with Crippen LogP contribution in [0.4, 0.5) is 11.5 Å². The summed E-state index contributed by atoms with van der Waals surface area (Å²) >= 11 is 0. The third kappa shape index (κ3) is 2.66. The largest absolute Gasteiger partial charge is 0.326 e. The van der Waals surface area contributed by atoms with Crippen LogP contribution in [0.1, 0.15) is 42.5 Å². The molecule has 1 aromatic heterocycles. The minimum atomic E-state index is 0.0823. The van der Waals surface area contributed by atoms with Crippen LogP contribution >= 0.6 is 0 Å². The number of anilines is 2. The van der Waals surface area contributed by atoms with E-state index in [0.717, 1.165) is 30.8 Å². The van der Waals surface area contributed by atoms with Gasteiger partial charge in [-0.15, -0.1) is 0 Å². The second kappa shape index (κ2) is 5.86. The van der Waals surface area contributed by atoms with Gasteiger partial charge < -0.3 is 10.6 Å². The lowest BCUT2D eigenvalue weighted by molar-refractivity contribution is 0.692. The predicted octanol–water partition coefficient (Wildman–Crippen LogP) is 3.88. The fraction of sp³-hybridized carbons (Fsp3) is 0.389. The summed E-state index contributed by atoms with van der Waals surface area (Å²) in [6, 6.07) is 10.9. The molecule has 0 radical (unpaired) electrons. The van der Waals surface area contributed by atoms with E-state index in [-0.39, 0.29) is 6.04 Å². The van der Waals surface area contributed by atoms with Gasteiger partial charge in [-0.05, 0) is 55.0 Å². The molecule has 0 aliphatic carbocycles. The number of para-hydroxylation sites is 1. The van der Waals surface area contributed by atoms with E-state index in [1.165, 1.54) is 23.2 Å². The molecule has 2 aromatic rings. The van der Waals surface area contributed by atoms with E-state index in [1.807, 2.05) is 6.20 Å². The van der Waals surface area contributed by atoms with Crippen LogP contribution in [0.2, 0.25) is 0 Å². The highest BCUT2D eigenvalue weighted by molar-refractivity contribution is 5.67. The molecular weight excluding hydrogens is 258 g/mol. The molecule has 110 valence electrons. The monoisotopic (exact) mass is 281 g/mol. The van der Waals surface area contributed by atoms with E-state index in [1.54, 1.807) is 0 Å². The van der Waals surface area contributed by atoms with Crippen molar-refractivity contribution in [2.24, 2.45) is 5.73 Å². The van der Waals surface area contributed by atoms with Crippen LogP contribution in [0.5, 0.6) is 0 Å². The van der Waals surface area contributed by atoms with Crippen molar-refractivity contribution in [1.29, 1.82) is 0 Å². The molecule has 3 nitrogen and oxygen atoms in total. The van der Waals surface area contributed by atoms with Gasteiger partial charge in [0, 0.05) is 24.5 Å². The standard InChI is InChI=1S/C18H23N3/c1-3-16(19)15-11-13(2)18(20-12-15)21-10-6-8-14-7-4-5-9-17(14)21/h4-5,7,9,11-12,16H,3,6,8,10,19H2,1-2H3/t16-/m1/s1. The lowest BCUT2D eigenvalue weighted by Crippen LogP contribution is -2.26. The molecule has 0 amide bonds. The zero-order valence-corrected chi connectivity index (χ0v) is 12.8. The van der Waals surface area contributed by atoms with Crippen molar-refractivity contribution in [3.63, 3.8) is 0 Å². The van der Waals surface area contributed by atoms with Crippen LogP contribution < -0.4 is 10.6 Å². The van der Waals surface area contributed by atoms with E-state index < -0.39 is 0 Å². The minimum Gasteiger partial charge on any atom is -0.326 e. The quantitative estimate of drug-likeness (QED) is 0.928. The van der Waals surface area contributed by atoms with Crippen molar-refractivity contribution in [3.8, 4) is 0 Å². The molecular formula is C18H23N3. The number of rotatable bonds is 3. The summed E-state index contributed by atoms with van der Waals surface area (Å²) < 4.78 is 0. The van der Waals surface area contributed by atoms with Crippen LogP contribution in [-0.2, 0) is 6.42 Å². The molecule has 0 unspecified atom stereocenters. The number of nitrogens with zero attached hydrogens (tertiary/aromatic N) is 2. The van der Waals surface area contributed by atoms with E-state index >= 15 is 0 Å². The molecule has 3 heteroatoms. The molecule has 0 saturated carbocycles. The molecule has 21 heavy (non-hydrogen) atoms. The SMILES string of the molecule is CC[C@@H](N)c1cnc(N2CCCc3ccccc32)c(C)c1. The zero-order chi connectivity index (χ0) is 14.8. The fourth-order valence-electron chi connectivity index (χ4n) is 3.06. The lowest BCUT2D eigenvalue weighted by atomic mass is 10.0. The molecule has 1 aliphatic heterocycles. The van der Waals surface area contributed by atoms with Gasteiger partial charge in [-0.25, -0.2) is 4.98 Å². The maximum absolute atomic E-state index is 6.11. The molecule has 2 N–H and O–H groups in total. The maximum Gasteiger partial charge on any atom is 0.135 e. The van der Waals surface area contributed by atoms with Crippen molar-refractivity contribution < 1.29 is 0 Å². The molecule has 0 bridgehead atoms. The average molecular weight is 281 g/mol. The summed E-state index contributed by atoms with van der Waals surface area (Å²) in [6.45, 7) is 5.27. The number of aromatic nitrogens is 1. The Bertz CT molecular complexity index is 636. The lowest BCUT2D eigenvalue weighted by Gasteiger charge is -2.31. The van der Waals surface area contributed by atoms with Gasteiger partial charge in [0.2, 0.25) is 0 Å². The van der Waals surface area contributed by atoms with Gasteiger partial charge in [0.15, 0.2) is 0 Å². The predicted molar refractivity (Wildman–Crippen MR) is 88.0 cm³/mol. The Labute approximate surface area is 126 Å². The van der Waals surface area contributed by atoms with Crippen LogP contribution in [0.25, 0.3) is 0 Å². The maximum atomic E-state index is 6.11. The summed E-state index contributed by atoms with van der Waals surface area (Å²) in [5.41, 5.74) is 11.2. The number of benzene rings is 1. The van der Waals surface area contributed by atoms with E-state index in [2.05, 4.69) is 49.1 Å². The van der Waals surface area contributed by atoms with Crippen molar-refractivity contribution in [3.05, 3.63) is 53.2 Å². The first-order chi connectivity index (χ1) is 10.2. The molecule has 0 saturated heterocycles. The Morgan fingerprint density at radius 1 is 1.33 bits per heavy atom. The molecule has 0 spiro atoms. The third-order valence-corrected chi connectivity index (χ3v) is 4.31. The number of hydrogen-bond acceptors (Lipinski definition) is 3. The van der Waals surface area contributed by atoms with Gasteiger partial charge in [0.05, 0.1) is 0 Å². The van der Waals surface area contributed by atoms with Crippen molar-refractivity contribution in [2.45, 2.75) is 39.2 Å². The summed E-state index contributed by atoms with van der Waals surface area (Å²) in [4.78, 5) is 7.06. The van der Waals surface area contributed by atoms with Gasteiger partial charge >= 0.3 is 0 Å². The summed E-state index contributed by atoms with van der Waals surface area (Å²) in [5.74, 6) is 1.06. The van der Waals surface area contributed by atoms with Gasteiger partial charge in [0.25, 0.3) is 0 Å². The number of aryl methyl sites for hydroxylation is 2. The zero-order valence-electron chi connectivity index (χ0n) is 12.8. The van der Waals surface area contributed by atoms with Crippen LogP contribution in [0.15, 0.2) is 36.5 Å². The highest BCUT2D eigenvalue weighted by Gasteiger charge is 2.20. The Hall–Kier alpha value is -1.87. The second-order valence-corrected chi connectivity index (χ2v) is 5.81. The first-order valence-electron chi connectivity index (χ1n) is 7.78. The Balaban J connectivity index is 1.98. The number of pyridine rings is 1. The van der Waals surface area contributed by atoms with Crippen LogP contribution in [-0.4, -0.2) is 11.5 Å². The second-order valence-electron chi connectivity index (χ2n) is 5.81. The van der Waals surface area contributed by atoms with E-state index in [0.29, 0.717) is 0 Å². The molecule has 1 aromatic carbocycles. The Morgan fingerprint density at radius 2 is 2.14 bits per heavy atom. The average Bonchev–Trinajstić information content (AvgIpc) is 2.53. The summed E-state index contributed by atoms with van der Waals surface area (Å²) in [7, 11) is 0. The third-order valence-electron chi connectivity index (χ3n) is 4.31. The number of fused-ring (bicyclic) bond motifs is 1. The summed E-state index contributed by atoms with van der Waals surface area (Å²) in [6.07, 6.45) is 5.21. The van der Waals surface area contributed by atoms with Gasteiger partial charge in [-0.1, -0.05) is 25.1 Å². The highest BCUT2D eigenvalue weighted by atomic mass is 15.2.